The van der Waals surface area contributed by atoms with Crippen molar-refractivity contribution in [2.75, 3.05) is 6.61 Å². The van der Waals surface area contributed by atoms with Crippen LogP contribution in [0.25, 0.3) is 0 Å². The molecular formula is C18H30O8. The van der Waals surface area contributed by atoms with Crippen LogP contribution in [0, 0.1) is 5.92 Å². The van der Waals surface area contributed by atoms with Crippen molar-refractivity contribution in [2.24, 2.45) is 5.92 Å². The molecule has 1 aliphatic carbocycles. The molecule has 0 amide bonds. The van der Waals surface area contributed by atoms with Gasteiger partial charge in [-0.15, -0.1) is 0 Å². The summed E-state index contributed by atoms with van der Waals surface area (Å²) in [5.41, 5.74) is 0.116. The highest BCUT2D eigenvalue weighted by Crippen LogP contribution is 2.36. The van der Waals surface area contributed by atoms with Gasteiger partial charge in [-0.05, 0) is 25.7 Å². The second-order valence-electron chi connectivity index (χ2n) is 7.61. The molecule has 0 spiro atoms. The highest BCUT2D eigenvalue weighted by molar-refractivity contribution is 5.65. The maximum atomic E-state index is 11.0. The summed E-state index contributed by atoms with van der Waals surface area (Å²) in [7, 11) is 0. The Morgan fingerprint density at radius 1 is 1.27 bits per heavy atom. The molecule has 0 radical (unpaired) electrons. The van der Waals surface area contributed by atoms with E-state index in [-0.39, 0.29) is 6.61 Å². The summed E-state index contributed by atoms with van der Waals surface area (Å²) in [5, 5.41) is 40.8. The van der Waals surface area contributed by atoms with Crippen LogP contribution in [0.3, 0.4) is 0 Å². The SMILES string of the molecule is CC(=O)OC[C@H]1O[C@@H](O[C@]2(C)CC=C(C(C)C)C[C@H]2O)[C@H](O)[C@@H](O)[C@@H]1O. The molecule has 1 fully saturated rings. The quantitative estimate of drug-likeness (QED) is 0.387. The largest absolute Gasteiger partial charge is 0.463 e. The molecule has 0 aromatic rings. The lowest BCUT2D eigenvalue weighted by Crippen LogP contribution is -2.62. The topological polar surface area (TPSA) is 126 Å². The van der Waals surface area contributed by atoms with Crippen molar-refractivity contribution in [1.82, 2.24) is 0 Å². The molecule has 7 atom stereocenters. The Labute approximate surface area is 153 Å². The maximum absolute atomic E-state index is 11.0. The number of carbonyl (C=O) groups excluding carboxylic acids is 1. The van der Waals surface area contributed by atoms with Crippen molar-refractivity contribution < 1.29 is 39.4 Å². The van der Waals surface area contributed by atoms with Gasteiger partial charge in [0.25, 0.3) is 0 Å². The Balaban J connectivity index is 2.10. The van der Waals surface area contributed by atoms with Crippen LogP contribution in [0.15, 0.2) is 11.6 Å². The third-order valence-electron chi connectivity index (χ3n) is 5.15. The Bertz CT molecular complexity index is 533. The van der Waals surface area contributed by atoms with Crippen LogP contribution in [0.4, 0.5) is 0 Å². The summed E-state index contributed by atoms with van der Waals surface area (Å²) in [6.07, 6.45) is -4.72. The molecule has 4 N–H and O–H groups in total. The lowest BCUT2D eigenvalue weighted by atomic mass is 9.80. The Hall–Kier alpha value is -1.03. The molecule has 150 valence electrons. The number of aliphatic hydroxyl groups excluding tert-OH is 4. The van der Waals surface area contributed by atoms with Crippen LogP contribution in [0.5, 0.6) is 0 Å². The van der Waals surface area contributed by atoms with Crippen molar-refractivity contribution >= 4 is 5.97 Å². The van der Waals surface area contributed by atoms with Gasteiger partial charge in [-0.1, -0.05) is 25.5 Å². The number of hydrogen-bond acceptors (Lipinski definition) is 8. The predicted molar refractivity (Wildman–Crippen MR) is 91.0 cm³/mol. The molecule has 2 rings (SSSR count). The zero-order valence-corrected chi connectivity index (χ0v) is 15.7. The molecule has 0 saturated carbocycles. The zero-order chi connectivity index (χ0) is 19.6. The summed E-state index contributed by atoms with van der Waals surface area (Å²) in [6, 6.07) is 0. The van der Waals surface area contributed by atoms with E-state index in [0.29, 0.717) is 18.8 Å². The third kappa shape index (κ3) is 4.62. The van der Waals surface area contributed by atoms with E-state index in [2.05, 4.69) is 0 Å². The van der Waals surface area contributed by atoms with Gasteiger partial charge in [-0.2, -0.15) is 0 Å². The Morgan fingerprint density at radius 3 is 2.46 bits per heavy atom. The van der Waals surface area contributed by atoms with E-state index in [1.807, 2.05) is 19.9 Å². The highest BCUT2D eigenvalue weighted by atomic mass is 16.7. The average molecular weight is 374 g/mol. The first-order chi connectivity index (χ1) is 12.0. The van der Waals surface area contributed by atoms with Crippen molar-refractivity contribution in [2.45, 2.75) is 82.9 Å². The minimum atomic E-state index is -1.53. The predicted octanol–water partition coefficient (Wildman–Crippen LogP) is -0.131. The van der Waals surface area contributed by atoms with Gasteiger partial charge in [0, 0.05) is 6.92 Å². The second-order valence-corrected chi connectivity index (χ2v) is 7.61. The molecule has 26 heavy (non-hydrogen) atoms. The first kappa shape index (κ1) is 21.3. The van der Waals surface area contributed by atoms with Crippen LogP contribution in [0.1, 0.15) is 40.5 Å². The van der Waals surface area contributed by atoms with Gasteiger partial charge in [-0.25, -0.2) is 0 Å². The minimum absolute atomic E-state index is 0.281. The van der Waals surface area contributed by atoms with E-state index in [0.717, 1.165) is 5.57 Å². The van der Waals surface area contributed by atoms with Gasteiger partial charge in [0.15, 0.2) is 6.29 Å². The first-order valence-electron chi connectivity index (χ1n) is 8.93. The minimum Gasteiger partial charge on any atom is -0.463 e. The third-order valence-corrected chi connectivity index (χ3v) is 5.15. The molecule has 0 unspecified atom stereocenters. The van der Waals surface area contributed by atoms with E-state index >= 15 is 0 Å². The van der Waals surface area contributed by atoms with Crippen molar-refractivity contribution in [3.8, 4) is 0 Å². The van der Waals surface area contributed by atoms with Gasteiger partial charge in [0.1, 0.15) is 31.0 Å². The lowest BCUT2D eigenvalue weighted by Gasteiger charge is -2.46. The fourth-order valence-corrected chi connectivity index (χ4v) is 3.21. The van der Waals surface area contributed by atoms with E-state index in [9.17, 15) is 25.2 Å². The molecular weight excluding hydrogens is 344 g/mol. The standard InChI is InChI=1S/C18H30O8/c1-9(2)11-5-6-18(4,13(20)7-11)26-17-16(23)15(22)14(21)12(25-17)8-24-10(3)19/h5,9,12-17,20-23H,6-8H2,1-4H3/t12-,13-,14-,15+,16-,17+,18-/m1/s1. The number of ether oxygens (including phenoxy) is 3. The van der Waals surface area contributed by atoms with Crippen molar-refractivity contribution in [3.63, 3.8) is 0 Å². The van der Waals surface area contributed by atoms with Crippen LogP contribution in [-0.4, -0.2) is 75.4 Å². The Kier molecular flexibility index (Phi) is 6.81. The summed E-state index contributed by atoms with van der Waals surface area (Å²) >= 11 is 0. The first-order valence-corrected chi connectivity index (χ1v) is 8.93. The molecule has 0 aromatic carbocycles. The molecule has 2 aliphatic rings. The average Bonchev–Trinajstić information content (AvgIpc) is 2.56. The van der Waals surface area contributed by atoms with Crippen LogP contribution < -0.4 is 0 Å². The fraction of sp³-hybridized carbons (Fsp3) is 0.833. The number of hydrogen-bond donors (Lipinski definition) is 4. The fourth-order valence-electron chi connectivity index (χ4n) is 3.21. The van der Waals surface area contributed by atoms with Crippen LogP contribution in [0.2, 0.25) is 0 Å². The highest BCUT2D eigenvalue weighted by Gasteiger charge is 2.48. The van der Waals surface area contributed by atoms with Gasteiger partial charge in [0.05, 0.1) is 11.7 Å². The smallest absolute Gasteiger partial charge is 0.302 e. The van der Waals surface area contributed by atoms with Crippen LogP contribution in [-0.2, 0) is 19.0 Å². The van der Waals surface area contributed by atoms with Crippen molar-refractivity contribution in [1.29, 1.82) is 0 Å². The number of rotatable bonds is 5. The summed E-state index contributed by atoms with van der Waals surface area (Å²) in [6.45, 7) is 6.74. The maximum Gasteiger partial charge on any atom is 0.302 e. The molecule has 1 heterocycles. The van der Waals surface area contributed by atoms with Gasteiger partial charge in [-0.3, -0.25) is 4.79 Å². The van der Waals surface area contributed by atoms with E-state index in [1.165, 1.54) is 6.92 Å². The molecule has 0 bridgehead atoms. The number of esters is 1. The molecule has 0 aromatic heterocycles. The monoisotopic (exact) mass is 374 g/mol. The molecule has 8 nitrogen and oxygen atoms in total. The Morgan fingerprint density at radius 2 is 1.92 bits per heavy atom. The van der Waals surface area contributed by atoms with Gasteiger partial charge < -0.3 is 34.6 Å². The summed E-state index contributed by atoms with van der Waals surface area (Å²) in [4.78, 5) is 11.0. The van der Waals surface area contributed by atoms with Crippen LogP contribution >= 0.6 is 0 Å². The number of carbonyl (C=O) groups is 1. The molecule has 1 aliphatic heterocycles. The molecule has 8 heteroatoms. The summed E-state index contributed by atoms with van der Waals surface area (Å²) < 4.78 is 16.2. The second kappa shape index (κ2) is 8.33. The summed E-state index contributed by atoms with van der Waals surface area (Å²) in [5.74, 6) is -0.240. The normalized spacial score (nSPS) is 41.0. The van der Waals surface area contributed by atoms with E-state index < -0.39 is 48.4 Å². The van der Waals surface area contributed by atoms with Crippen molar-refractivity contribution in [3.05, 3.63) is 11.6 Å². The van der Waals surface area contributed by atoms with E-state index in [1.54, 1.807) is 6.92 Å². The molecule has 1 saturated heterocycles. The van der Waals surface area contributed by atoms with Gasteiger partial charge in [0.2, 0.25) is 0 Å². The van der Waals surface area contributed by atoms with Gasteiger partial charge >= 0.3 is 5.97 Å². The zero-order valence-electron chi connectivity index (χ0n) is 15.7. The lowest BCUT2D eigenvalue weighted by molar-refractivity contribution is -0.334. The van der Waals surface area contributed by atoms with E-state index in [4.69, 9.17) is 14.2 Å². The number of aliphatic hydroxyl groups is 4.